The van der Waals surface area contributed by atoms with Crippen LogP contribution in [0.3, 0.4) is 0 Å². The molecule has 6 heteroatoms. The van der Waals surface area contributed by atoms with Gasteiger partial charge in [0.1, 0.15) is 5.76 Å². The van der Waals surface area contributed by atoms with E-state index in [1.54, 1.807) is 0 Å². The Kier molecular flexibility index (Phi) is 4.73. The van der Waals surface area contributed by atoms with Gasteiger partial charge in [0, 0.05) is 18.3 Å². The molecule has 3 rings (SSSR count). The Morgan fingerprint density at radius 1 is 1.38 bits per heavy atom. The first-order valence-electron chi connectivity index (χ1n) is 8.69. The lowest BCUT2D eigenvalue weighted by molar-refractivity contribution is -0.136. The van der Waals surface area contributed by atoms with Gasteiger partial charge in [-0.3, -0.25) is 9.48 Å². The van der Waals surface area contributed by atoms with Crippen LogP contribution in [-0.4, -0.2) is 38.3 Å². The molecular formula is C18H26N4O2. The van der Waals surface area contributed by atoms with Crippen molar-refractivity contribution in [2.75, 3.05) is 6.54 Å². The zero-order chi connectivity index (χ0) is 17.3. The summed E-state index contributed by atoms with van der Waals surface area (Å²) >= 11 is 0. The van der Waals surface area contributed by atoms with Crippen molar-refractivity contribution in [2.45, 2.75) is 65.5 Å². The lowest BCUT2D eigenvalue weighted by Crippen LogP contribution is -2.47. The molecule has 2 aromatic rings. The molecule has 0 aromatic carbocycles. The number of aromatic nitrogens is 3. The lowest BCUT2D eigenvalue weighted by Gasteiger charge is -2.37. The summed E-state index contributed by atoms with van der Waals surface area (Å²) in [4.78, 5) is 15.2. The van der Waals surface area contributed by atoms with Gasteiger partial charge < -0.3 is 9.42 Å². The van der Waals surface area contributed by atoms with E-state index in [0.717, 1.165) is 54.9 Å². The van der Waals surface area contributed by atoms with E-state index in [2.05, 4.69) is 10.3 Å². The fourth-order valence-electron chi connectivity index (χ4n) is 3.74. The number of hydrogen-bond acceptors (Lipinski definition) is 4. The van der Waals surface area contributed by atoms with Crippen molar-refractivity contribution in [2.24, 2.45) is 0 Å². The van der Waals surface area contributed by atoms with Crippen LogP contribution in [0.1, 0.15) is 54.7 Å². The second-order valence-corrected chi connectivity index (χ2v) is 6.88. The first-order chi connectivity index (χ1) is 11.5. The number of aryl methyl sites for hydroxylation is 3. The molecule has 0 spiro atoms. The van der Waals surface area contributed by atoms with E-state index >= 15 is 0 Å². The Morgan fingerprint density at radius 3 is 2.79 bits per heavy atom. The molecule has 0 radical (unpaired) electrons. The van der Waals surface area contributed by atoms with Crippen molar-refractivity contribution in [3.05, 3.63) is 35.0 Å². The van der Waals surface area contributed by atoms with Crippen LogP contribution in [0.15, 0.2) is 16.9 Å². The van der Waals surface area contributed by atoms with Gasteiger partial charge in [-0.15, -0.1) is 0 Å². The number of likely N-dealkylation sites (tertiary alicyclic amines) is 1. The summed E-state index contributed by atoms with van der Waals surface area (Å²) < 4.78 is 7.19. The van der Waals surface area contributed by atoms with E-state index in [1.165, 1.54) is 0 Å². The van der Waals surface area contributed by atoms with E-state index in [4.69, 9.17) is 4.52 Å². The molecule has 24 heavy (non-hydrogen) atoms. The Morgan fingerprint density at radius 2 is 2.17 bits per heavy atom. The van der Waals surface area contributed by atoms with Crippen LogP contribution in [-0.2, 0) is 11.3 Å². The van der Waals surface area contributed by atoms with Gasteiger partial charge in [-0.2, -0.15) is 5.10 Å². The number of piperidine rings is 1. The van der Waals surface area contributed by atoms with Crippen LogP contribution in [0, 0.1) is 20.8 Å². The maximum Gasteiger partial charge on any atom is 0.230 e. The molecule has 130 valence electrons. The second kappa shape index (κ2) is 6.79. The van der Waals surface area contributed by atoms with E-state index < -0.39 is 0 Å². The van der Waals surface area contributed by atoms with Crippen LogP contribution in [0.25, 0.3) is 0 Å². The number of nitrogens with zero attached hydrogens (tertiary/aromatic N) is 4. The van der Waals surface area contributed by atoms with Crippen LogP contribution in [0.4, 0.5) is 0 Å². The molecule has 3 heterocycles. The summed E-state index contributed by atoms with van der Waals surface area (Å²) in [5.74, 6) is 0.679. The third-order valence-corrected chi connectivity index (χ3v) is 4.96. The Hall–Kier alpha value is -2.11. The van der Waals surface area contributed by atoms with Crippen LogP contribution in [0.5, 0.6) is 0 Å². The number of carbonyl (C=O) groups is 1. The van der Waals surface area contributed by atoms with Gasteiger partial charge in [-0.25, -0.2) is 0 Å². The predicted molar refractivity (Wildman–Crippen MR) is 90.7 cm³/mol. The molecule has 2 aromatic heterocycles. The van der Waals surface area contributed by atoms with Crippen molar-refractivity contribution in [3.63, 3.8) is 0 Å². The van der Waals surface area contributed by atoms with Crippen molar-refractivity contribution >= 4 is 5.91 Å². The summed E-state index contributed by atoms with van der Waals surface area (Å²) in [6, 6.07) is 0.202. The van der Waals surface area contributed by atoms with Gasteiger partial charge in [0.25, 0.3) is 0 Å². The fourth-order valence-corrected chi connectivity index (χ4v) is 3.74. The quantitative estimate of drug-likeness (QED) is 0.864. The van der Waals surface area contributed by atoms with E-state index in [0.29, 0.717) is 0 Å². The van der Waals surface area contributed by atoms with Gasteiger partial charge in [0.15, 0.2) is 0 Å². The summed E-state index contributed by atoms with van der Waals surface area (Å²) in [6.07, 6.45) is 7.15. The van der Waals surface area contributed by atoms with Crippen LogP contribution < -0.4 is 0 Å². The average molecular weight is 330 g/mol. The number of hydrogen-bond donors (Lipinski definition) is 0. The molecule has 0 N–H and O–H groups in total. The minimum absolute atomic E-state index is 0.165. The van der Waals surface area contributed by atoms with Crippen LogP contribution in [0.2, 0.25) is 0 Å². The molecule has 6 nitrogen and oxygen atoms in total. The highest BCUT2D eigenvalue weighted by Gasteiger charge is 2.32. The lowest BCUT2D eigenvalue weighted by atomic mass is 9.94. The second-order valence-electron chi connectivity index (χ2n) is 6.88. The molecule has 1 aliphatic rings. The van der Waals surface area contributed by atoms with E-state index in [9.17, 15) is 4.79 Å². The molecule has 0 saturated carbocycles. The standard InChI is InChI=1S/C18H26N4O2/c1-12-9-19-21(10-12)11-16-7-5-6-8-22(16)18(23)13(2)17-14(3)20-24-15(17)4/h9-10,13,16H,5-8,11H2,1-4H3/t13-,16+/m0/s1. The zero-order valence-electron chi connectivity index (χ0n) is 15.0. The largest absolute Gasteiger partial charge is 0.361 e. The topological polar surface area (TPSA) is 64.2 Å². The maximum atomic E-state index is 13.1. The van der Waals surface area contributed by atoms with E-state index in [1.807, 2.05) is 49.7 Å². The molecule has 2 atom stereocenters. The third kappa shape index (κ3) is 3.23. The Labute approximate surface area is 142 Å². The van der Waals surface area contributed by atoms with Gasteiger partial charge in [-0.05, 0) is 52.5 Å². The summed E-state index contributed by atoms with van der Waals surface area (Å²) in [7, 11) is 0. The van der Waals surface area contributed by atoms with Crippen molar-refractivity contribution in [1.82, 2.24) is 19.8 Å². The smallest absolute Gasteiger partial charge is 0.230 e. The van der Waals surface area contributed by atoms with Gasteiger partial charge >= 0.3 is 0 Å². The molecule has 0 unspecified atom stereocenters. The van der Waals surface area contributed by atoms with Gasteiger partial charge in [-0.1, -0.05) is 5.16 Å². The minimum Gasteiger partial charge on any atom is -0.361 e. The molecule has 1 aliphatic heterocycles. The number of carbonyl (C=O) groups excluding carboxylic acids is 1. The Balaban J connectivity index is 1.78. The zero-order valence-corrected chi connectivity index (χ0v) is 15.0. The molecule has 1 amide bonds. The maximum absolute atomic E-state index is 13.1. The number of rotatable bonds is 4. The van der Waals surface area contributed by atoms with Crippen molar-refractivity contribution < 1.29 is 9.32 Å². The number of amides is 1. The highest BCUT2D eigenvalue weighted by Crippen LogP contribution is 2.28. The van der Waals surface area contributed by atoms with E-state index in [-0.39, 0.29) is 17.9 Å². The molecule has 0 bridgehead atoms. The molecule has 0 aliphatic carbocycles. The minimum atomic E-state index is -0.226. The van der Waals surface area contributed by atoms with Crippen molar-refractivity contribution in [3.8, 4) is 0 Å². The van der Waals surface area contributed by atoms with Crippen molar-refractivity contribution in [1.29, 1.82) is 0 Å². The molecular weight excluding hydrogens is 304 g/mol. The summed E-state index contributed by atoms with van der Waals surface area (Å²) in [5.41, 5.74) is 2.89. The molecule has 1 saturated heterocycles. The van der Waals surface area contributed by atoms with Gasteiger partial charge in [0.2, 0.25) is 5.91 Å². The highest BCUT2D eigenvalue weighted by molar-refractivity contribution is 5.84. The van der Waals surface area contributed by atoms with Crippen LogP contribution >= 0.6 is 0 Å². The first kappa shape index (κ1) is 16.7. The Bertz CT molecular complexity index is 699. The predicted octanol–water partition coefficient (Wildman–Crippen LogP) is 2.98. The monoisotopic (exact) mass is 330 g/mol. The summed E-state index contributed by atoms with van der Waals surface area (Å²) in [6.45, 7) is 9.34. The summed E-state index contributed by atoms with van der Waals surface area (Å²) in [5, 5.41) is 8.37. The highest BCUT2D eigenvalue weighted by atomic mass is 16.5. The fraction of sp³-hybridized carbons (Fsp3) is 0.611. The van der Waals surface area contributed by atoms with Gasteiger partial charge in [0.05, 0.1) is 30.4 Å². The normalized spacial score (nSPS) is 19.5. The SMILES string of the molecule is Cc1cnn(C[C@H]2CCCCN2C(=O)[C@@H](C)c2c(C)noc2C)c1. The average Bonchev–Trinajstić information content (AvgIpc) is 3.12. The third-order valence-electron chi connectivity index (χ3n) is 4.96. The molecule has 1 fully saturated rings. The first-order valence-corrected chi connectivity index (χ1v) is 8.69.